The summed E-state index contributed by atoms with van der Waals surface area (Å²) in [5.74, 6) is -1.69. The molecule has 1 unspecified atom stereocenters. The van der Waals surface area contributed by atoms with Gasteiger partial charge in [-0.05, 0) is 43.0 Å². The summed E-state index contributed by atoms with van der Waals surface area (Å²) in [5, 5.41) is 5.66. The number of halogens is 1. The van der Waals surface area contributed by atoms with Gasteiger partial charge in [0.1, 0.15) is 11.9 Å². The number of nitrogens with one attached hydrogen (secondary N) is 2. The van der Waals surface area contributed by atoms with Gasteiger partial charge in [0.15, 0.2) is 0 Å². The van der Waals surface area contributed by atoms with Crippen molar-refractivity contribution >= 4 is 17.7 Å². The van der Waals surface area contributed by atoms with Gasteiger partial charge >= 0.3 is 0 Å². The van der Waals surface area contributed by atoms with Crippen LogP contribution in [0.4, 0.5) is 4.39 Å². The Hall–Kier alpha value is -3.26. The van der Waals surface area contributed by atoms with Gasteiger partial charge in [0.05, 0.1) is 12.2 Å². The van der Waals surface area contributed by atoms with Crippen LogP contribution in [0.1, 0.15) is 33.6 Å². The van der Waals surface area contributed by atoms with Crippen molar-refractivity contribution in [3.05, 3.63) is 71.5 Å². The van der Waals surface area contributed by atoms with Crippen molar-refractivity contribution in [2.75, 3.05) is 33.4 Å². The fraction of sp³-hybridized carbons (Fsp3) is 0.375. The molecule has 0 aliphatic carbocycles. The number of benzene rings is 2. The minimum Gasteiger partial charge on any atom is -0.383 e. The summed E-state index contributed by atoms with van der Waals surface area (Å²) in [6.45, 7) is 1.44. The lowest BCUT2D eigenvalue weighted by atomic mass is 9.88. The van der Waals surface area contributed by atoms with Crippen LogP contribution in [0.3, 0.4) is 0 Å². The van der Waals surface area contributed by atoms with E-state index >= 15 is 0 Å². The number of rotatable bonds is 8. The Balaban J connectivity index is 1.67. The van der Waals surface area contributed by atoms with Crippen molar-refractivity contribution in [2.45, 2.75) is 18.9 Å². The molecule has 8 heteroatoms. The minimum absolute atomic E-state index is 0.0391. The third-order valence-electron chi connectivity index (χ3n) is 5.61. The van der Waals surface area contributed by atoms with Gasteiger partial charge in [0.2, 0.25) is 5.91 Å². The first-order chi connectivity index (χ1) is 15.5. The summed E-state index contributed by atoms with van der Waals surface area (Å²) in [5.41, 5.74) is 0.506. The van der Waals surface area contributed by atoms with Crippen molar-refractivity contribution in [3.63, 3.8) is 0 Å². The van der Waals surface area contributed by atoms with Gasteiger partial charge in [0.25, 0.3) is 11.8 Å². The molecular weight excluding hydrogens is 413 g/mol. The number of ether oxygens (including phenoxy) is 1. The molecule has 7 nitrogen and oxygen atoms in total. The standard InChI is InChI=1S/C24H28FN3O4/c1-32-16-13-26-23(30)21(27-22(29)18-7-3-2-4-8-18)17-11-14-28(15-12-17)24(31)19-9-5-6-10-20(19)25/h2-10,17,21H,11-16H2,1H3,(H,26,30)(H,27,29). The molecule has 1 aliphatic heterocycles. The maximum absolute atomic E-state index is 14.0. The number of likely N-dealkylation sites (tertiary alicyclic amines) is 1. The Morgan fingerprint density at radius 1 is 1.06 bits per heavy atom. The summed E-state index contributed by atoms with van der Waals surface area (Å²) in [6.07, 6.45) is 1.02. The maximum Gasteiger partial charge on any atom is 0.256 e. The van der Waals surface area contributed by atoms with Crippen LogP contribution in [-0.2, 0) is 9.53 Å². The van der Waals surface area contributed by atoms with Crippen molar-refractivity contribution in [2.24, 2.45) is 5.92 Å². The molecule has 2 aromatic rings. The molecule has 1 heterocycles. The van der Waals surface area contributed by atoms with Crippen LogP contribution < -0.4 is 10.6 Å². The van der Waals surface area contributed by atoms with E-state index in [1.165, 1.54) is 12.1 Å². The van der Waals surface area contributed by atoms with Crippen LogP contribution in [0.15, 0.2) is 54.6 Å². The Kier molecular flexibility index (Phi) is 8.33. The van der Waals surface area contributed by atoms with Crippen LogP contribution in [0.5, 0.6) is 0 Å². The number of methoxy groups -OCH3 is 1. The number of nitrogens with zero attached hydrogens (tertiary/aromatic N) is 1. The second-order valence-electron chi connectivity index (χ2n) is 7.71. The number of carbonyl (C=O) groups excluding carboxylic acids is 3. The van der Waals surface area contributed by atoms with Gasteiger partial charge in [0, 0.05) is 32.3 Å². The van der Waals surface area contributed by atoms with Gasteiger partial charge in [-0.3, -0.25) is 14.4 Å². The largest absolute Gasteiger partial charge is 0.383 e. The molecule has 3 rings (SSSR count). The molecule has 1 saturated heterocycles. The molecule has 0 aromatic heterocycles. The lowest BCUT2D eigenvalue weighted by molar-refractivity contribution is -0.124. The van der Waals surface area contributed by atoms with Crippen molar-refractivity contribution in [1.82, 2.24) is 15.5 Å². The van der Waals surface area contributed by atoms with Crippen LogP contribution in [-0.4, -0.2) is 62.0 Å². The molecule has 0 saturated carbocycles. The van der Waals surface area contributed by atoms with Gasteiger partial charge in [-0.1, -0.05) is 30.3 Å². The van der Waals surface area contributed by atoms with E-state index in [1.807, 2.05) is 6.07 Å². The second kappa shape index (κ2) is 11.4. The summed E-state index contributed by atoms with van der Waals surface area (Å²) in [4.78, 5) is 39.8. The molecule has 2 aromatic carbocycles. The molecule has 2 N–H and O–H groups in total. The average molecular weight is 442 g/mol. The molecule has 0 radical (unpaired) electrons. The molecule has 1 fully saturated rings. The first-order valence-corrected chi connectivity index (χ1v) is 10.7. The Morgan fingerprint density at radius 2 is 1.72 bits per heavy atom. The summed E-state index contributed by atoms with van der Waals surface area (Å²) in [7, 11) is 1.54. The fourth-order valence-electron chi connectivity index (χ4n) is 3.84. The van der Waals surface area contributed by atoms with Crippen LogP contribution in [0.25, 0.3) is 0 Å². The van der Waals surface area contributed by atoms with Crippen molar-refractivity contribution < 1.29 is 23.5 Å². The first-order valence-electron chi connectivity index (χ1n) is 10.7. The molecule has 170 valence electrons. The quantitative estimate of drug-likeness (QED) is 0.615. The zero-order valence-electron chi connectivity index (χ0n) is 18.1. The topological polar surface area (TPSA) is 87.7 Å². The third-order valence-corrected chi connectivity index (χ3v) is 5.61. The number of hydrogen-bond acceptors (Lipinski definition) is 4. The predicted molar refractivity (Wildman–Crippen MR) is 118 cm³/mol. The summed E-state index contributed by atoms with van der Waals surface area (Å²) >= 11 is 0. The number of carbonyl (C=O) groups is 3. The predicted octanol–water partition coefficient (Wildman–Crippen LogP) is 2.24. The molecule has 32 heavy (non-hydrogen) atoms. The lowest BCUT2D eigenvalue weighted by Crippen LogP contribution is -2.54. The van der Waals surface area contributed by atoms with E-state index in [2.05, 4.69) is 10.6 Å². The van der Waals surface area contributed by atoms with E-state index < -0.39 is 11.9 Å². The van der Waals surface area contributed by atoms with Gasteiger partial charge in [-0.2, -0.15) is 0 Å². The van der Waals surface area contributed by atoms with Crippen LogP contribution in [0.2, 0.25) is 0 Å². The zero-order chi connectivity index (χ0) is 22.9. The highest BCUT2D eigenvalue weighted by Gasteiger charge is 2.34. The Bertz CT molecular complexity index is 930. The number of hydrogen-bond donors (Lipinski definition) is 2. The fourth-order valence-corrected chi connectivity index (χ4v) is 3.84. The number of piperidine rings is 1. The monoisotopic (exact) mass is 441 g/mol. The zero-order valence-corrected chi connectivity index (χ0v) is 18.1. The molecule has 1 atom stereocenters. The highest BCUT2D eigenvalue weighted by Crippen LogP contribution is 2.23. The smallest absolute Gasteiger partial charge is 0.256 e. The van der Waals surface area contributed by atoms with Gasteiger partial charge in [-0.15, -0.1) is 0 Å². The third kappa shape index (κ3) is 5.91. The highest BCUT2D eigenvalue weighted by atomic mass is 19.1. The van der Waals surface area contributed by atoms with E-state index in [0.717, 1.165) is 0 Å². The first kappa shape index (κ1) is 23.4. The Labute approximate surface area is 186 Å². The molecule has 1 aliphatic rings. The average Bonchev–Trinajstić information content (AvgIpc) is 2.83. The maximum atomic E-state index is 14.0. The van der Waals surface area contributed by atoms with Gasteiger partial charge in [-0.25, -0.2) is 4.39 Å². The SMILES string of the molecule is COCCNC(=O)C(NC(=O)c1ccccc1)C1CCN(C(=O)c2ccccc2F)CC1. The molecule has 0 bridgehead atoms. The van der Waals surface area contributed by atoms with E-state index in [0.29, 0.717) is 44.6 Å². The van der Waals surface area contributed by atoms with Crippen molar-refractivity contribution in [3.8, 4) is 0 Å². The van der Waals surface area contributed by atoms with E-state index in [1.54, 1.807) is 48.4 Å². The highest BCUT2D eigenvalue weighted by molar-refractivity contribution is 5.97. The normalized spacial score (nSPS) is 15.1. The van der Waals surface area contributed by atoms with Gasteiger partial charge < -0.3 is 20.3 Å². The van der Waals surface area contributed by atoms with E-state index in [9.17, 15) is 18.8 Å². The van der Waals surface area contributed by atoms with E-state index in [-0.39, 0.29) is 29.2 Å². The lowest BCUT2D eigenvalue weighted by Gasteiger charge is -2.36. The molecular formula is C24H28FN3O4. The minimum atomic E-state index is -0.745. The molecule has 3 amide bonds. The van der Waals surface area contributed by atoms with Crippen molar-refractivity contribution in [1.29, 1.82) is 0 Å². The summed E-state index contributed by atoms with van der Waals surface area (Å²) < 4.78 is 19.0. The molecule has 0 spiro atoms. The Morgan fingerprint density at radius 3 is 2.38 bits per heavy atom. The van der Waals surface area contributed by atoms with Crippen LogP contribution >= 0.6 is 0 Å². The summed E-state index contributed by atoms with van der Waals surface area (Å²) in [6, 6.07) is 13.9. The second-order valence-corrected chi connectivity index (χ2v) is 7.71. The number of amides is 3. The van der Waals surface area contributed by atoms with E-state index in [4.69, 9.17) is 4.74 Å². The van der Waals surface area contributed by atoms with Crippen LogP contribution in [0, 0.1) is 11.7 Å².